The third kappa shape index (κ3) is 4.31. The molecule has 0 unspecified atom stereocenters. The topological polar surface area (TPSA) is 46.5 Å². The van der Waals surface area contributed by atoms with E-state index in [9.17, 15) is 9.90 Å². The van der Waals surface area contributed by atoms with Gasteiger partial charge in [-0.25, -0.2) is 0 Å². The van der Waals surface area contributed by atoms with Crippen LogP contribution in [0.2, 0.25) is 0 Å². The van der Waals surface area contributed by atoms with E-state index in [0.717, 1.165) is 11.1 Å². The van der Waals surface area contributed by atoms with Crippen molar-refractivity contribution < 1.29 is 14.6 Å². The van der Waals surface area contributed by atoms with E-state index in [1.165, 1.54) is 0 Å². The molecule has 17 heavy (non-hydrogen) atoms. The van der Waals surface area contributed by atoms with Gasteiger partial charge in [-0.05, 0) is 37.0 Å². The third-order valence-electron chi connectivity index (χ3n) is 2.44. The molecule has 3 heteroatoms. The zero-order chi connectivity index (χ0) is 12.7. The number of benzene rings is 1. The van der Waals surface area contributed by atoms with Crippen LogP contribution in [0.5, 0.6) is 5.75 Å². The molecule has 0 atom stereocenters. The number of ether oxygens (including phenoxy) is 1. The predicted molar refractivity (Wildman–Crippen MR) is 67.0 cm³/mol. The largest absolute Gasteiger partial charge is 0.508 e. The van der Waals surface area contributed by atoms with Crippen LogP contribution < -0.4 is 0 Å². The Morgan fingerprint density at radius 2 is 2.29 bits per heavy atom. The SMILES string of the molecule is C=CCc1ccc(CCC(=O)OCC)cc1O. The van der Waals surface area contributed by atoms with Crippen molar-refractivity contribution in [3.05, 3.63) is 42.0 Å². The fraction of sp³-hybridized carbons (Fsp3) is 0.357. The van der Waals surface area contributed by atoms with E-state index in [1.807, 2.05) is 12.1 Å². The minimum Gasteiger partial charge on any atom is -0.508 e. The van der Waals surface area contributed by atoms with Crippen molar-refractivity contribution in [2.75, 3.05) is 6.61 Å². The van der Waals surface area contributed by atoms with Gasteiger partial charge in [-0.2, -0.15) is 0 Å². The van der Waals surface area contributed by atoms with Gasteiger partial charge in [-0.15, -0.1) is 6.58 Å². The first-order valence-electron chi connectivity index (χ1n) is 5.74. The molecule has 1 aromatic rings. The van der Waals surface area contributed by atoms with Crippen LogP contribution in [0, 0.1) is 0 Å². The lowest BCUT2D eigenvalue weighted by molar-refractivity contribution is -0.143. The van der Waals surface area contributed by atoms with Gasteiger partial charge in [0.05, 0.1) is 6.61 Å². The van der Waals surface area contributed by atoms with Crippen molar-refractivity contribution in [3.8, 4) is 5.75 Å². The zero-order valence-electron chi connectivity index (χ0n) is 10.1. The molecular weight excluding hydrogens is 216 g/mol. The molecule has 0 amide bonds. The fourth-order valence-corrected chi connectivity index (χ4v) is 1.57. The van der Waals surface area contributed by atoms with Crippen LogP contribution in [0.25, 0.3) is 0 Å². The molecule has 0 aliphatic heterocycles. The molecule has 1 rings (SSSR count). The third-order valence-corrected chi connectivity index (χ3v) is 2.44. The normalized spacial score (nSPS) is 9.94. The van der Waals surface area contributed by atoms with Crippen molar-refractivity contribution in [2.24, 2.45) is 0 Å². The highest BCUT2D eigenvalue weighted by atomic mass is 16.5. The second-order valence-electron chi connectivity index (χ2n) is 3.76. The highest BCUT2D eigenvalue weighted by molar-refractivity contribution is 5.69. The number of esters is 1. The zero-order valence-corrected chi connectivity index (χ0v) is 10.1. The first-order chi connectivity index (χ1) is 8.17. The Morgan fingerprint density at radius 1 is 1.53 bits per heavy atom. The van der Waals surface area contributed by atoms with E-state index in [1.54, 1.807) is 19.1 Å². The summed E-state index contributed by atoms with van der Waals surface area (Å²) in [6.07, 6.45) is 3.31. The van der Waals surface area contributed by atoms with Crippen LogP contribution in [0.3, 0.4) is 0 Å². The number of hydrogen-bond acceptors (Lipinski definition) is 3. The second kappa shape index (κ2) is 6.74. The summed E-state index contributed by atoms with van der Waals surface area (Å²) in [5.74, 6) is 0.0495. The lowest BCUT2D eigenvalue weighted by Gasteiger charge is -2.06. The molecule has 0 bridgehead atoms. The van der Waals surface area contributed by atoms with Gasteiger partial charge in [0.25, 0.3) is 0 Å². The van der Waals surface area contributed by atoms with Crippen LogP contribution in [-0.4, -0.2) is 17.7 Å². The summed E-state index contributed by atoms with van der Waals surface area (Å²) in [5.41, 5.74) is 1.78. The molecule has 0 spiro atoms. The van der Waals surface area contributed by atoms with Crippen LogP contribution in [-0.2, 0) is 22.4 Å². The number of hydrogen-bond donors (Lipinski definition) is 1. The molecule has 0 radical (unpaired) electrons. The molecular formula is C14H18O3. The van der Waals surface area contributed by atoms with Gasteiger partial charge in [-0.1, -0.05) is 18.2 Å². The van der Waals surface area contributed by atoms with E-state index in [4.69, 9.17) is 4.74 Å². The summed E-state index contributed by atoms with van der Waals surface area (Å²) < 4.78 is 4.84. The Bertz CT molecular complexity index is 396. The second-order valence-corrected chi connectivity index (χ2v) is 3.76. The molecule has 0 aromatic heterocycles. The maximum atomic E-state index is 11.2. The number of carbonyl (C=O) groups excluding carboxylic acids is 1. The molecule has 3 nitrogen and oxygen atoms in total. The number of aryl methyl sites for hydroxylation is 1. The molecule has 0 saturated carbocycles. The van der Waals surface area contributed by atoms with E-state index < -0.39 is 0 Å². The van der Waals surface area contributed by atoms with Gasteiger partial charge in [0.2, 0.25) is 0 Å². The number of rotatable bonds is 6. The maximum absolute atomic E-state index is 11.2. The number of phenols is 1. The van der Waals surface area contributed by atoms with Gasteiger partial charge < -0.3 is 9.84 Å². The van der Waals surface area contributed by atoms with Crippen molar-refractivity contribution in [1.29, 1.82) is 0 Å². The smallest absolute Gasteiger partial charge is 0.306 e. The standard InChI is InChI=1S/C14H18O3/c1-3-5-12-8-6-11(10-13(12)15)7-9-14(16)17-4-2/h3,6,8,10,15H,1,4-5,7,9H2,2H3. The van der Waals surface area contributed by atoms with Crippen molar-refractivity contribution in [3.63, 3.8) is 0 Å². The average Bonchev–Trinajstić information content (AvgIpc) is 2.30. The van der Waals surface area contributed by atoms with E-state index in [0.29, 0.717) is 25.9 Å². The first-order valence-corrected chi connectivity index (χ1v) is 5.74. The van der Waals surface area contributed by atoms with Gasteiger partial charge in [-0.3, -0.25) is 4.79 Å². The summed E-state index contributed by atoms with van der Waals surface area (Å²) in [5, 5.41) is 9.73. The number of carbonyl (C=O) groups is 1. The highest BCUT2D eigenvalue weighted by Gasteiger charge is 2.05. The van der Waals surface area contributed by atoms with Crippen LogP contribution in [0.4, 0.5) is 0 Å². The van der Waals surface area contributed by atoms with Crippen LogP contribution in [0.1, 0.15) is 24.5 Å². The number of aromatic hydroxyl groups is 1. The molecule has 92 valence electrons. The molecule has 0 aliphatic carbocycles. The van der Waals surface area contributed by atoms with Crippen molar-refractivity contribution in [2.45, 2.75) is 26.2 Å². The van der Waals surface area contributed by atoms with Crippen molar-refractivity contribution in [1.82, 2.24) is 0 Å². The summed E-state index contributed by atoms with van der Waals surface area (Å²) in [6, 6.07) is 5.47. The lowest BCUT2D eigenvalue weighted by atomic mass is 10.0. The number of allylic oxidation sites excluding steroid dienone is 1. The lowest BCUT2D eigenvalue weighted by Crippen LogP contribution is -2.05. The molecule has 1 N–H and O–H groups in total. The van der Waals surface area contributed by atoms with Gasteiger partial charge in [0.15, 0.2) is 0 Å². The minimum atomic E-state index is -0.206. The summed E-state index contributed by atoms with van der Waals surface area (Å²) in [6.45, 7) is 5.82. The summed E-state index contributed by atoms with van der Waals surface area (Å²) in [4.78, 5) is 11.2. The molecule has 0 saturated heterocycles. The fourth-order valence-electron chi connectivity index (χ4n) is 1.57. The molecule has 0 heterocycles. The predicted octanol–water partition coefficient (Wildman–Crippen LogP) is 2.62. The Hall–Kier alpha value is -1.77. The van der Waals surface area contributed by atoms with Crippen LogP contribution in [0.15, 0.2) is 30.9 Å². The summed E-state index contributed by atoms with van der Waals surface area (Å²) >= 11 is 0. The molecule has 1 aromatic carbocycles. The summed E-state index contributed by atoms with van der Waals surface area (Å²) in [7, 11) is 0. The average molecular weight is 234 g/mol. The maximum Gasteiger partial charge on any atom is 0.306 e. The van der Waals surface area contributed by atoms with Gasteiger partial charge in [0.1, 0.15) is 5.75 Å². The van der Waals surface area contributed by atoms with E-state index in [-0.39, 0.29) is 11.7 Å². The Balaban J connectivity index is 2.58. The highest BCUT2D eigenvalue weighted by Crippen LogP contribution is 2.20. The van der Waals surface area contributed by atoms with E-state index >= 15 is 0 Å². The Labute approximate surface area is 102 Å². The van der Waals surface area contributed by atoms with Gasteiger partial charge in [0, 0.05) is 6.42 Å². The van der Waals surface area contributed by atoms with Gasteiger partial charge >= 0.3 is 5.97 Å². The number of phenolic OH excluding ortho intramolecular Hbond substituents is 1. The monoisotopic (exact) mass is 234 g/mol. The Morgan fingerprint density at radius 3 is 2.88 bits per heavy atom. The van der Waals surface area contributed by atoms with Crippen LogP contribution >= 0.6 is 0 Å². The Kier molecular flexibility index (Phi) is 5.27. The quantitative estimate of drug-likeness (QED) is 0.608. The minimum absolute atomic E-state index is 0.206. The van der Waals surface area contributed by atoms with E-state index in [2.05, 4.69) is 6.58 Å². The van der Waals surface area contributed by atoms with Crippen molar-refractivity contribution >= 4 is 5.97 Å². The first kappa shape index (κ1) is 13.3. The molecule has 0 aliphatic rings. The molecule has 0 fully saturated rings.